The molecule has 0 saturated heterocycles. The zero-order valence-corrected chi connectivity index (χ0v) is 13.9. The number of nitrogens with zero attached hydrogens (tertiary/aromatic N) is 1. The van der Waals surface area contributed by atoms with Crippen LogP contribution < -0.4 is 5.32 Å². The van der Waals surface area contributed by atoms with Crippen LogP contribution in [0.4, 0.5) is 0 Å². The van der Waals surface area contributed by atoms with E-state index in [0.29, 0.717) is 12.8 Å². The molecule has 1 N–H and O–H groups in total. The van der Waals surface area contributed by atoms with Crippen LogP contribution in [0.15, 0.2) is 35.7 Å². The maximum atomic E-state index is 11.6. The SMILES string of the molecule is CS(=O)(=O)CCNC(=O)CCc1nc(-c2ccccc2)cs1. The van der Waals surface area contributed by atoms with Gasteiger partial charge >= 0.3 is 0 Å². The van der Waals surface area contributed by atoms with Crippen LogP contribution in [0.2, 0.25) is 0 Å². The number of carbonyl (C=O) groups excluding carboxylic acids is 1. The van der Waals surface area contributed by atoms with Crippen molar-refractivity contribution in [2.45, 2.75) is 12.8 Å². The van der Waals surface area contributed by atoms with Gasteiger partial charge in [-0.3, -0.25) is 4.79 Å². The summed E-state index contributed by atoms with van der Waals surface area (Å²) in [5.74, 6) is -0.186. The molecule has 0 fully saturated rings. The summed E-state index contributed by atoms with van der Waals surface area (Å²) >= 11 is 1.53. The molecule has 0 aliphatic heterocycles. The van der Waals surface area contributed by atoms with Crippen LogP contribution in [-0.2, 0) is 21.1 Å². The lowest BCUT2D eigenvalue weighted by molar-refractivity contribution is -0.120. The molecule has 2 rings (SSSR count). The van der Waals surface area contributed by atoms with E-state index in [1.165, 1.54) is 11.3 Å². The van der Waals surface area contributed by atoms with Crippen molar-refractivity contribution in [2.75, 3.05) is 18.6 Å². The Labute approximate surface area is 134 Å². The zero-order valence-electron chi connectivity index (χ0n) is 12.3. The molecule has 0 aliphatic rings. The maximum absolute atomic E-state index is 11.6. The molecule has 5 nitrogen and oxygen atoms in total. The number of aryl methyl sites for hydroxylation is 1. The van der Waals surface area contributed by atoms with E-state index in [4.69, 9.17) is 0 Å². The van der Waals surface area contributed by atoms with E-state index in [2.05, 4.69) is 10.3 Å². The van der Waals surface area contributed by atoms with Gasteiger partial charge in [0.1, 0.15) is 9.84 Å². The van der Waals surface area contributed by atoms with Crippen molar-refractivity contribution in [3.63, 3.8) is 0 Å². The molecule has 0 saturated carbocycles. The predicted molar refractivity (Wildman–Crippen MR) is 88.6 cm³/mol. The molecule has 118 valence electrons. The second-order valence-corrected chi connectivity index (χ2v) is 8.17. The fraction of sp³-hybridized carbons (Fsp3) is 0.333. The summed E-state index contributed by atoms with van der Waals surface area (Å²) in [6, 6.07) is 9.87. The van der Waals surface area contributed by atoms with Crippen LogP contribution >= 0.6 is 11.3 Å². The number of hydrogen-bond donors (Lipinski definition) is 1. The fourth-order valence-electron chi connectivity index (χ4n) is 1.85. The first kappa shape index (κ1) is 16.6. The van der Waals surface area contributed by atoms with E-state index in [1.807, 2.05) is 35.7 Å². The summed E-state index contributed by atoms with van der Waals surface area (Å²) in [6.45, 7) is 0.158. The molecule has 0 spiro atoms. The Hall–Kier alpha value is -1.73. The molecule has 1 aromatic carbocycles. The van der Waals surface area contributed by atoms with E-state index in [-0.39, 0.29) is 18.2 Å². The van der Waals surface area contributed by atoms with Crippen molar-refractivity contribution < 1.29 is 13.2 Å². The number of amides is 1. The van der Waals surface area contributed by atoms with Crippen LogP contribution in [0, 0.1) is 0 Å². The molecule has 7 heteroatoms. The van der Waals surface area contributed by atoms with E-state index in [0.717, 1.165) is 22.5 Å². The quantitative estimate of drug-likeness (QED) is 0.836. The molecule has 1 amide bonds. The highest BCUT2D eigenvalue weighted by molar-refractivity contribution is 7.90. The van der Waals surface area contributed by atoms with Crippen molar-refractivity contribution in [2.24, 2.45) is 0 Å². The first-order valence-electron chi connectivity index (χ1n) is 6.88. The number of aromatic nitrogens is 1. The van der Waals surface area contributed by atoms with Gasteiger partial charge in [0.25, 0.3) is 0 Å². The van der Waals surface area contributed by atoms with Crippen LogP contribution in [0.3, 0.4) is 0 Å². The van der Waals surface area contributed by atoms with Gasteiger partial charge in [-0.15, -0.1) is 11.3 Å². The molecule has 0 bridgehead atoms. The Morgan fingerprint density at radius 2 is 2.00 bits per heavy atom. The third kappa shape index (κ3) is 5.57. The van der Waals surface area contributed by atoms with Gasteiger partial charge < -0.3 is 5.32 Å². The molecule has 2 aromatic rings. The predicted octanol–water partition coefficient (Wildman–Crippen LogP) is 1.90. The maximum Gasteiger partial charge on any atom is 0.220 e. The molecule has 0 atom stereocenters. The average Bonchev–Trinajstić information content (AvgIpc) is 2.94. The molecular formula is C15H18N2O3S2. The third-order valence-corrected chi connectivity index (χ3v) is 4.84. The lowest BCUT2D eigenvalue weighted by Crippen LogP contribution is -2.28. The highest BCUT2D eigenvalue weighted by Crippen LogP contribution is 2.22. The van der Waals surface area contributed by atoms with Crippen molar-refractivity contribution in [1.82, 2.24) is 10.3 Å². The van der Waals surface area contributed by atoms with Gasteiger partial charge in [-0.25, -0.2) is 13.4 Å². The number of thiazole rings is 1. The Bertz CT molecular complexity index is 724. The molecule has 1 heterocycles. The van der Waals surface area contributed by atoms with E-state index < -0.39 is 9.84 Å². The van der Waals surface area contributed by atoms with E-state index in [1.54, 1.807) is 0 Å². The summed E-state index contributed by atoms with van der Waals surface area (Å²) < 4.78 is 21.9. The van der Waals surface area contributed by atoms with Gasteiger partial charge in [-0.2, -0.15) is 0 Å². The number of sulfone groups is 1. The topological polar surface area (TPSA) is 76.1 Å². The van der Waals surface area contributed by atoms with Gasteiger partial charge in [-0.1, -0.05) is 30.3 Å². The molecule has 0 unspecified atom stereocenters. The van der Waals surface area contributed by atoms with Crippen molar-refractivity contribution >= 4 is 27.1 Å². The minimum absolute atomic E-state index is 0.0336. The summed E-state index contributed by atoms with van der Waals surface area (Å²) in [4.78, 5) is 16.2. The Morgan fingerprint density at radius 1 is 1.27 bits per heavy atom. The van der Waals surface area contributed by atoms with Crippen LogP contribution in [0.25, 0.3) is 11.3 Å². The van der Waals surface area contributed by atoms with Gasteiger partial charge in [0, 0.05) is 36.6 Å². The first-order chi connectivity index (χ1) is 10.4. The smallest absolute Gasteiger partial charge is 0.220 e. The number of rotatable bonds is 7. The highest BCUT2D eigenvalue weighted by Gasteiger charge is 2.08. The van der Waals surface area contributed by atoms with Gasteiger partial charge in [0.05, 0.1) is 16.5 Å². The van der Waals surface area contributed by atoms with Crippen LogP contribution in [-0.4, -0.2) is 37.9 Å². The fourth-order valence-corrected chi connectivity index (χ4v) is 3.13. The lowest BCUT2D eigenvalue weighted by Gasteiger charge is -2.03. The standard InChI is InChI=1S/C15H18N2O3S2/c1-22(19,20)10-9-16-14(18)7-8-15-17-13(11-21-15)12-5-3-2-4-6-12/h2-6,11H,7-10H2,1H3,(H,16,18). The van der Waals surface area contributed by atoms with Gasteiger partial charge in [0.15, 0.2) is 0 Å². The molecule has 22 heavy (non-hydrogen) atoms. The average molecular weight is 338 g/mol. The second kappa shape index (κ2) is 7.51. The number of nitrogens with one attached hydrogen (secondary N) is 1. The van der Waals surface area contributed by atoms with Crippen molar-refractivity contribution in [3.05, 3.63) is 40.7 Å². The Balaban J connectivity index is 1.80. The number of benzene rings is 1. The van der Waals surface area contributed by atoms with Crippen LogP contribution in [0.5, 0.6) is 0 Å². The minimum Gasteiger partial charge on any atom is -0.355 e. The molecule has 1 aromatic heterocycles. The Kier molecular flexibility index (Phi) is 5.68. The van der Waals surface area contributed by atoms with Crippen molar-refractivity contribution in [1.29, 1.82) is 0 Å². The normalized spacial score (nSPS) is 11.3. The largest absolute Gasteiger partial charge is 0.355 e. The van der Waals surface area contributed by atoms with Gasteiger partial charge in [0.2, 0.25) is 5.91 Å². The minimum atomic E-state index is -3.04. The first-order valence-corrected chi connectivity index (χ1v) is 9.82. The Morgan fingerprint density at radius 3 is 2.68 bits per heavy atom. The van der Waals surface area contributed by atoms with E-state index >= 15 is 0 Å². The highest BCUT2D eigenvalue weighted by atomic mass is 32.2. The lowest BCUT2D eigenvalue weighted by atomic mass is 10.2. The third-order valence-electron chi connectivity index (χ3n) is 2.98. The molecular weight excluding hydrogens is 320 g/mol. The van der Waals surface area contributed by atoms with Crippen molar-refractivity contribution in [3.8, 4) is 11.3 Å². The van der Waals surface area contributed by atoms with E-state index in [9.17, 15) is 13.2 Å². The summed E-state index contributed by atoms with van der Waals surface area (Å²) in [5.41, 5.74) is 1.97. The number of carbonyl (C=O) groups is 1. The van der Waals surface area contributed by atoms with Gasteiger partial charge in [-0.05, 0) is 0 Å². The monoisotopic (exact) mass is 338 g/mol. The summed E-state index contributed by atoms with van der Waals surface area (Å²) in [7, 11) is -3.04. The molecule has 0 aliphatic carbocycles. The number of hydrogen-bond acceptors (Lipinski definition) is 5. The summed E-state index contributed by atoms with van der Waals surface area (Å²) in [6.07, 6.45) is 2.02. The summed E-state index contributed by atoms with van der Waals surface area (Å²) in [5, 5.41) is 5.49. The van der Waals surface area contributed by atoms with Crippen LogP contribution in [0.1, 0.15) is 11.4 Å². The second-order valence-electron chi connectivity index (χ2n) is 4.97. The zero-order chi connectivity index (χ0) is 16.0. The molecule has 0 radical (unpaired) electrons.